The summed E-state index contributed by atoms with van der Waals surface area (Å²) in [7, 11) is 0. The summed E-state index contributed by atoms with van der Waals surface area (Å²) in [6, 6.07) is 1.63. The molecule has 1 fully saturated rings. The molecule has 1 heterocycles. The molecule has 1 aliphatic rings. The molecule has 0 saturated carbocycles. The van der Waals surface area contributed by atoms with E-state index in [9.17, 15) is 13.6 Å². The van der Waals surface area contributed by atoms with Crippen LogP contribution < -0.4 is 10.6 Å². The van der Waals surface area contributed by atoms with Gasteiger partial charge in [-0.3, -0.25) is 4.79 Å². The second-order valence-electron chi connectivity index (χ2n) is 4.95. The van der Waals surface area contributed by atoms with E-state index in [1.165, 1.54) is 0 Å². The standard InChI is InChI=1S/C14H18ClF2N3O/c15-11-9-12(16)10(8-13(11)17)14(21)19-2-1-5-20-6-3-18-4-7-20/h8-9,18H,1-7H2,(H,19,21). The van der Waals surface area contributed by atoms with Gasteiger partial charge in [-0.2, -0.15) is 0 Å². The molecule has 1 aliphatic heterocycles. The topological polar surface area (TPSA) is 44.4 Å². The Morgan fingerprint density at radius 2 is 2.00 bits per heavy atom. The van der Waals surface area contributed by atoms with E-state index in [0.717, 1.165) is 51.3 Å². The van der Waals surface area contributed by atoms with E-state index in [-0.39, 0.29) is 10.6 Å². The minimum atomic E-state index is -0.819. The number of rotatable bonds is 5. The number of amides is 1. The van der Waals surface area contributed by atoms with E-state index in [1.807, 2.05) is 0 Å². The molecule has 0 radical (unpaired) electrons. The quantitative estimate of drug-likeness (QED) is 0.641. The van der Waals surface area contributed by atoms with E-state index in [4.69, 9.17) is 11.6 Å². The van der Waals surface area contributed by atoms with E-state index in [2.05, 4.69) is 15.5 Å². The Balaban J connectivity index is 1.78. The van der Waals surface area contributed by atoms with Crippen molar-refractivity contribution in [2.75, 3.05) is 39.3 Å². The van der Waals surface area contributed by atoms with Gasteiger partial charge in [0.05, 0.1) is 10.6 Å². The molecule has 1 saturated heterocycles. The molecule has 21 heavy (non-hydrogen) atoms. The van der Waals surface area contributed by atoms with Crippen LogP contribution >= 0.6 is 11.6 Å². The Morgan fingerprint density at radius 1 is 1.29 bits per heavy atom. The van der Waals surface area contributed by atoms with Crippen LogP contribution in [0.25, 0.3) is 0 Å². The van der Waals surface area contributed by atoms with Gasteiger partial charge in [-0.05, 0) is 25.1 Å². The third kappa shape index (κ3) is 4.62. The lowest BCUT2D eigenvalue weighted by Gasteiger charge is -2.27. The molecule has 1 aromatic carbocycles. The van der Waals surface area contributed by atoms with Gasteiger partial charge < -0.3 is 15.5 Å². The first-order valence-electron chi connectivity index (χ1n) is 6.94. The molecule has 0 atom stereocenters. The molecule has 0 bridgehead atoms. The lowest BCUT2D eigenvalue weighted by molar-refractivity contribution is 0.0946. The lowest BCUT2D eigenvalue weighted by Crippen LogP contribution is -2.44. The van der Waals surface area contributed by atoms with Gasteiger partial charge in [-0.15, -0.1) is 0 Å². The predicted molar refractivity (Wildman–Crippen MR) is 77.6 cm³/mol. The van der Waals surface area contributed by atoms with Crippen LogP contribution in [0.3, 0.4) is 0 Å². The Labute approximate surface area is 127 Å². The van der Waals surface area contributed by atoms with Crippen LogP contribution in [-0.4, -0.2) is 50.1 Å². The lowest BCUT2D eigenvalue weighted by atomic mass is 10.2. The van der Waals surface area contributed by atoms with Crippen molar-refractivity contribution in [3.8, 4) is 0 Å². The molecule has 116 valence electrons. The van der Waals surface area contributed by atoms with Crippen molar-refractivity contribution in [1.29, 1.82) is 0 Å². The summed E-state index contributed by atoms with van der Waals surface area (Å²) >= 11 is 5.45. The van der Waals surface area contributed by atoms with Gasteiger partial charge in [-0.25, -0.2) is 8.78 Å². The van der Waals surface area contributed by atoms with Crippen molar-refractivity contribution in [2.45, 2.75) is 6.42 Å². The fourth-order valence-electron chi connectivity index (χ4n) is 2.23. The second kappa shape index (κ2) is 7.68. The Kier molecular flexibility index (Phi) is 5.90. The first-order chi connectivity index (χ1) is 10.1. The number of nitrogens with one attached hydrogen (secondary N) is 2. The molecule has 0 aromatic heterocycles. The highest BCUT2D eigenvalue weighted by Gasteiger charge is 2.15. The van der Waals surface area contributed by atoms with Gasteiger partial charge in [0, 0.05) is 32.7 Å². The smallest absolute Gasteiger partial charge is 0.254 e. The number of halogens is 3. The van der Waals surface area contributed by atoms with Crippen molar-refractivity contribution >= 4 is 17.5 Å². The molecule has 0 aliphatic carbocycles. The highest BCUT2D eigenvalue weighted by Crippen LogP contribution is 2.19. The summed E-state index contributed by atoms with van der Waals surface area (Å²) in [6.45, 7) is 5.23. The van der Waals surface area contributed by atoms with Crippen molar-refractivity contribution in [3.05, 3.63) is 34.4 Å². The van der Waals surface area contributed by atoms with E-state index in [1.54, 1.807) is 0 Å². The summed E-state index contributed by atoms with van der Waals surface area (Å²) in [5, 5.41) is 5.53. The van der Waals surface area contributed by atoms with Crippen molar-refractivity contribution in [3.63, 3.8) is 0 Å². The summed E-state index contributed by atoms with van der Waals surface area (Å²) in [5.74, 6) is -2.24. The van der Waals surface area contributed by atoms with Crippen LogP contribution in [0.1, 0.15) is 16.8 Å². The summed E-state index contributed by atoms with van der Waals surface area (Å²) in [5.41, 5.74) is -0.320. The molecule has 0 unspecified atom stereocenters. The first kappa shape index (κ1) is 16.1. The minimum Gasteiger partial charge on any atom is -0.352 e. The zero-order chi connectivity index (χ0) is 15.2. The molecule has 1 amide bonds. The predicted octanol–water partition coefficient (Wildman–Crippen LogP) is 1.64. The Hall–Kier alpha value is -1.24. The third-order valence-corrected chi connectivity index (χ3v) is 3.69. The SMILES string of the molecule is O=C(NCCCN1CCNCC1)c1cc(F)c(Cl)cc1F. The normalized spacial score (nSPS) is 16.0. The average Bonchev–Trinajstić information content (AvgIpc) is 2.48. The van der Waals surface area contributed by atoms with E-state index in [0.29, 0.717) is 6.54 Å². The van der Waals surface area contributed by atoms with Gasteiger partial charge in [0.25, 0.3) is 5.91 Å². The monoisotopic (exact) mass is 317 g/mol. The second-order valence-corrected chi connectivity index (χ2v) is 5.35. The number of carbonyl (C=O) groups is 1. The zero-order valence-corrected chi connectivity index (χ0v) is 12.3. The maximum absolute atomic E-state index is 13.6. The number of piperazine rings is 1. The van der Waals surface area contributed by atoms with Crippen LogP contribution in [0, 0.1) is 11.6 Å². The zero-order valence-electron chi connectivity index (χ0n) is 11.6. The maximum atomic E-state index is 13.6. The summed E-state index contributed by atoms with van der Waals surface area (Å²) < 4.78 is 26.8. The largest absolute Gasteiger partial charge is 0.352 e. The number of benzene rings is 1. The molecule has 2 N–H and O–H groups in total. The summed E-state index contributed by atoms with van der Waals surface area (Å²) in [6.07, 6.45) is 0.767. The molecular weight excluding hydrogens is 300 g/mol. The van der Waals surface area contributed by atoms with Gasteiger partial charge in [0.2, 0.25) is 0 Å². The highest BCUT2D eigenvalue weighted by molar-refractivity contribution is 6.30. The molecule has 7 heteroatoms. The molecular formula is C14H18ClF2N3O. The van der Waals surface area contributed by atoms with Crippen molar-refractivity contribution < 1.29 is 13.6 Å². The van der Waals surface area contributed by atoms with Gasteiger partial charge in [0.15, 0.2) is 0 Å². The fourth-order valence-corrected chi connectivity index (χ4v) is 2.38. The minimum absolute atomic E-state index is 0.320. The van der Waals surface area contributed by atoms with Crippen LogP contribution in [0.4, 0.5) is 8.78 Å². The average molecular weight is 318 g/mol. The maximum Gasteiger partial charge on any atom is 0.254 e. The van der Waals surface area contributed by atoms with Gasteiger partial charge >= 0.3 is 0 Å². The Bertz CT molecular complexity index is 507. The number of hydrogen-bond donors (Lipinski definition) is 2. The number of hydrogen-bond acceptors (Lipinski definition) is 3. The number of carbonyl (C=O) groups excluding carboxylic acids is 1. The van der Waals surface area contributed by atoms with Crippen LogP contribution in [0.5, 0.6) is 0 Å². The van der Waals surface area contributed by atoms with Crippen LogP contribution in [0.2, 0.25) is 5.02 Å². The number of nitrogens with zero attached hydrogens (tertiary/aromatic N) is 1. The van der Waals surface area contributed by atoms with E-state index < -0.39 is 17.5 Å². The molecule has 4 nitrogen and oxygen atoms in total. The van der Waals surface area contributed by atoms with Crippen molar-refractivity contribution in [2.24, 2.45) is 0 Å². The van der Waals surface area contributed by atoms with Gasteiger partial charge in [-0.1, -0.05) is 11.6 Å². The fraction of sp³-hybridized carbons (Fsp3) is 0.500. The first-order valence-corrected chi connectivity index (χ1v) is 7.31. The molecule has 2 rings (SSSR count). The molecule has 1 aromatic rings. The molecule has 0 spiro atoms. The van der Waals surface area contributed by atoms with Gasteiger partial charge in [0.1, 0.15) is 11.6 Å². The Morgan fingerprint density at radius 3 is 2.71 bits per heavy atom. The third-order valence-electron chi connectivity index (χ3n) is 3.40. The highest BCUT2D eigenvalue weighted by atomic mass is 35.5. The van der Waals surface area contributed by atoms with Crippen LogP contribution in [0.15, 0.2) is 12.1 Å². The van der Waals surface area contributed by atoms with Crippen LogP contribution in [-0.2, 0) is 0 Å². The van der Waals surface area contributed by atoms with Crippen molar-refractivity contribution in [1.82, 2.24) is 15.5 Å². The van der Waals surface area contributed by atoms with E-state index >= 15 is 0 Å². The summed E-state index contributed by atoms with van der Waals surface area (Å²) in [4.78, 5) is 14.1.